The van der Waals surface area contributed by atoms with Gasteiger partial charge >= 0.3 is 5.97 Å². The van der Waals surface area contributed by atoms with E-state index in [0.29, 0.717) is 21.7 Å². The molecule has 0 bridgehead atoms. The van der Waals surface area contributed by atoms with Crippen molar-refractivity contribution in [2.75, 3.05) is 0 Å². The van der Waals surface area contributed by atoms with Crippen LogP contribution in [0.15, 0.2) is 66.4 Å². The predicted molar refractivity (Wildman–Crippen MR) is 114 cm³/mol. The topological polar surface area (TPSA) is 95.7 Å². The van der Waals surface area contributed by atoms with Gasteiger partial charge in [0.05, 0.1) is 16.1 Å². The van der Waals surface area contributed by atoms with Crippen molar-refractivity contribution in [2.24, 2.45) is 0 Å². The minimum Gasteiger partial charge on any atom is -0.452 e. The zero-order chi connectivity index (χ0) is 22.1. The number of benzene rings is 3. The molecule has 3 aromatic carbocycles. The molecular formula is C23H14ClNO6. The molecule has 0 unspecified atom stereocenters. The van der Waals surface area contributed by atoms with E-state index >= 15 is 0 Å². The lowest BCUT2D eigenvalue weighted by molar-refractivity contribution is -0.384. The van der Waals surface area contributed by atoms with E-state index in [-0.39, 0.29) is 34.3 Å². The Morgan fingerprint density at radius 2 is 1.90 bits per heavy atom. The van der Waals surface area contributed by atoms with Crippen LogP contribution in [0.1, 0.15) is 31.8 Å². The van der Waals surface area contributed by atoms with Crippen LogP contribution in [0.3, 0.4) is 0 Å². The summed E-state index contributed by atoms with van der Waals surface area (Å²) in [5.74, 6) is -0.414. The van der Waals surface area contributed by atoms with Gasteiger partial charge in [-0.1, -0.05) is 29.8 Å². The maximum atomic E-state index is 12.7. The standard InChI is InChI=1S/C23H14ClNO6/c1-13-19(31-23(27)15-5-3-6-16(24)12-15)9-8-18-21(26)20(30-22(13)18)11-14-4-2-7-17(10-14)25(28)29/h2-12H,1H3/b20-11-. The normalized spacial score (nSPS) is 13.6. The van der Waals surface area contributed by atoms with Crippen LogP contribution in [-0.2, 0) is 0 Å². The van der Waals surface area contributed by atoms with Gasteiger partial charge in [-0.25, -0.2) is 4.79 Å². The van der Waals surface area contributed by atoms with Crippen LogP contribution in [-0.4, -0.2) is 16.7 Å². The first-order valence-corrected chi connectivity index (χ1v) is 9.51. The van der Waals surface area contributed by atoms with Gasteiger partial charge in [0.1, 0.15) is 11.5 Å². The number of nitro groups is 1. The van der Waals surface area contributed by atoms with Crippen LogP contribution in [0.25, 0.3) is 6.08 Å². The third-order valence-corrected chi connectivity index (χ3v) is 4.91. The van der Waals surface area contributed by atoms with Crippen LogP contribution in [0, 0.1) is 17.0 Å². The van der Waals surface area contributed by atoms with E-state index in [2.05, 4.69) is 0 Å². The molecule has 0 radical (unpaired) electrons. The van der Waals surface area contributed by atoms with E-state index in [1.54, 1.807) is 31.2 Å². The fraction of sp³-hybridized carbons (Fsp3) is 0.0435. The van der Waals surface area contributed by atoms with Crippen molar-refractivity contribution in [2.45, 2.75) is 6.92 Å². The lowest BCUT2D eigenvalue weighted by atomic mass is 10.1. The van der Waals surface area contributed by atoms with E-state index < -0.39 is 10.9 Å². The average molecular weight is 436 g/mol. The number of ketones is 1. The number of carbonyl (C=O) groups is 2. The van der Waals surface area contributed by atoms with Crippen LogP contribution in [0.5, 0.6) is 11.5 Å². The van der Waals surface area contributed by atoms with Crippen molar-refractivity contribution >= 4 is 35.1 Å². The number of hydrogen-bond acceptors (Lipinski definition) is 6. The molecule has 0 amide bonds. The van der Waals surface area contributed by atoms with Crippen LogP contribution >= 0.6 is 11.6 Å². The Morgan fingerprint density at radius 3 is 2.65 bits per heavy atom. The van der Waals surface area contributed by atoms with Gasteiger partial charge in [-0.2, -0.15) is 0 Å². The van der Waals surface area contributed by atoms with E-state index in [4.69, 9.17) is 21.1 Å². The highest BCUT2D eigenvalue weighted by atomic mass is 35.5. The molecule has 154 valence electrons. The Labute approximate surface area is 181 Å². The van der Waals surface area contributed by atoms with Gasteiger partial charge in [0.25, 0.3) is 5.69 Å². The molecule has 0 aliphatic carbocycles. The first kappa shape index (κ1) is 20.3. The molecule has 1 heterocycles. The van der Waals surface area contributed by atoms with Crippen molar-refractivity contribution in [3.8, 4) is 11.5 Å². The number of halogens is 1. The third-order valence-electron chi connectivity index (χ3n) is 4.68. The number of Topliss-reactive ketones (excluding diaryl/α,β-unsaturated/α-hetero) is 1. The van der Waals surface area contributed by atoms with Crippen molar-refractivity contribution < 1.29 is 24.0 Å². The van der Waals surface area contributed by atoms with Crippen LogP contribution in [0.2, 0.25) is 5.02 Å². The van der Waals surface area contributed by atoms with E-state index in [1.807, 2.05) is 0 Å². The predicted octanol–water partition coefficient (Wildman–Crippen LogP) is 5.39. The van der Waals surface area contributed by atoms with Gasteiger partial charge in [-0.15, -0.1) is 0 Å². The number of nitrogens with zero attached hydrogens (tertiary/aromatic N) is 1. The molecule has 0 saturated heterocycles. The summed E-state index contributed by atoms with van der Waals surface area (Å²) in [5.41, 5.74) is 1.44. The summed E-state index contributed by atoms with van der Waals surface area (Å²) in [6, 6.07) is 15.3. The average Bonchev–Trinajstić information content (AvgIpc) is 3.06. The summed E-state index contributed by atoms with van der Waals surface area (Å²) >= 11 is 5.92. The Hall–Kier alpha value is -3.97. The fourth-order valence-electron chi connectivity index (χ4n) is 3.13. The van der Waals surface area contributed by atoms with Gasteiger partial charge < -0.3 is 9.47 Å². The SMILES string of the molecule is Cc1c(OC(=O)c2cccc(Cl)c2)ccc2c1O/C(=C\c1cccc([N+](=O)[O-])c1)C2=O. The molecule has 7 nitrogen and oxygen atoms in total. The van der Waals surface area contributed by atoms with Crippen LogP contribution < -0.4 is 9.47 Å². The number of nitro benzene ring substituents is 1. The van der Waals surface area contributed by atoms with Gasteiger partial charge in [0.2, 0.25) is 5.78 Å². The molecular weight excluding hydrogens is 422 g/mol. The van der Waals surface area contributed by atoms with Gasteiger partial charge in [0.15, 0.2) is 5.76 Å². The first-order valence-electron chi connectivity index (χ1n) is 9.13. The second-order valence-electron chi connectivity index (χ2n) is 6.76. The first-order chi connectivity index (χ1) is 14.8. The smallest absolute Gasteiger partial charge is 0.343 e. The number of allylic oxidation sites excluding steroid dienone is 1. The number of hydrogen-bond donors (Lipinski definition) is 0. The fourth-order valence-corrected chi connectivity index (χ4v) is 3.32. The minimum absolute atomic E-state index is 0.0249. The molecule has 0 fully saturated rings. The van der Waals surface area contributed by atoms with Crippen molar-refractivity contribution in [3.63, 3.8) is 0 Å². The summed E-state index contributed by atoms with van der Waals surface area (Å²) in [7, 11) is 0. The molecule has 0 N–H and O–H groups in total. The lowest BCUT2D eigenvalue weighted by Crippen LogP contribution is -2.09. The summed E-state index contributed by atoms with van der Waals surface area (Å²) < 4.78 is 11.2. The zero-order valence-electron chi connectivity index (χ0n) is 16.1. The van der Waals surface area contributed by atoms with Crippen molar-refractivity contribution in [3.05, 3.63) is 104 Å². The number of rotatable bonds is 4. The maximum absolute atomic E-state index is 12.7. The third kappa shape index (κ3) is 4.04. The van der Waals surface area contributed by atoms with Gasteiger partial charge in [-0.3, -0.25) is 14.9 Å². The number of fused-ring (bicyclic) bond motifs is 1. The Balaban J connectivity index is 1.62. The second-order valence-corrected chi connectivity index (χ2v) is 7.19. The number of esters is 1. The second kappa shape index (κ2) is 8.04. The lowest BCUT2D eigenvalue weighted by Gasteiger charge is -2.10. The summed E-state index contributed by atoms with van der Waals surface area (Å²) in [5, 5.41) is 11.4. The molecule has 0 aromatic heterocycles. The number of ether oxygens (including phenoxy) is 2. The molecule has 0 atom stereocenters. The highest BCUT2D eigenvalue weighted by Gasteiger charge is 2.30. The quantitative estimate of drug-likeness (QED) is 0.179. The van der Waals surface area contributed by atoms with Crippen molar-refractivity contribution in [1.29, 1.82) is 0 Å². The summed E-state index contributed by atoms with van der Waals surface area (Å²) in [6.45, 7) is 1.67. The summed E-state index contributed by atoms with van der Waals surface area (Å²) in [6.07, 6.45) is 1.44. The van der Waals surface area contributed by atoms with E-state index in [9.17, 15) is 19.7 Å². The minimum atomic E-state index is -0.595. The highest BCUT2D eigenvalue weighted by Crippen LogP contribution is 2.39. The Bertz CT molecular complexity index is 1280. The zero-order valence-corrected chi connectivity index (χ0v) is 16.9. The molecule has 0 spiro atoms. The maximum Gasteiger partial charge on any atom is 0.343 e. The van der Waals surface area contributed by atoms with Crippen molar-refractivity contribution in [1.82, 2.24) is 0 Å². The van der Waals surface area contributed by atoms with Crippen LogP contribution in [0.4, 0.5) is 5.69 Å². The molecule has 4 rings (SSSR count). The molecule has 1 aliphatic rings. The summed E-state index contributed by atoms with van der Waals surface area (Å²) in [4.78, 5) is 35.6. The highest BCUT2D eigenvalue weighted by molar-refractivity contribution is 6.30. The molecule has 0 saturated carbocycles. The molecule has 31 heavy (non-hydrogen) atoms. The van der Waals surface area contributed by atoms with Gasteiger partial charge in [-0.05, 0) is 48.9 Å². The molecule has 8 heteroatoms. The Morgan fingerprint density at radius 1 is 1.13 bits per heavy atom. The largest absolute Gasteiger partial charge is 0.452 e. The molecule has 1 aliphatic heterocycles. The number of non-ortho nitro benzene ring substituents is 1. The van der Waals surface area contributed by atoms with Gasteiger partial charge in [0, 0.05) is 22.7 Å². The molecule has 3 aromatic rings. The van der Waals surface area contributed by atoms with E-state index in [1.165, 1.54) is 42.5 Å². The monoisotopic (exact) mass is 435 g/mol. The Kier molecular flexibility index (Phi) is 5.27. The number of carbonyl (C=O) groups excluding carboxylic acids is 2. The van der Waals surface area contributed by atoms with E-state index in [0.717, 1.165) is 0 Å².